The number of hydrogen-bond donors (Lipinski definition) is 1. The van der Waals surface area contributed by atoms with Crippen LogP contribution in [0.4, 0.5) is 0 Å². The SMILES string of the molecule is C=CCOc1c(C)c2c(c3c1C[C@H]1[C@H]4c5c(cc(C)c(OC)c5OCOC)C[C@@H]([C@H](C#N)N1[C@H]3CO)N4C)OCO2.C=CCOc1c(C)c2c(c3c1C[C@H]1[C@H]4c5c(cc(C)c(OC)c5OCOC)C[C@@H]([C@H](C#N)N1[C@H]3COS(=O)(=O)c1ccc(C)cc1)N4C)OCO2. The summed E-state index contributed by atoms with van der Waals surface area (Å²) in [7, 11) is 6.37. The van der Waals surface area contributed by atoms with Crippen molar-refractivity contribution in [1.29, 1.82) is 10.5 Å². The van der Waals surface area contributed by atoms with Gasteiger partial charge in [-0.3, -0.25) is 23.8 Å². The molecule has 13 rings (SSSR count). The molecular formula is C69H80N6O16S. The molecule has 92 heavy (non-hydrogen) atoms. The lowest BCUT2D eigenvalue weighted by atomic mass is 9.71. The maximum absolute atomic E-state index is 13.7. The van der Waals surface area contributed by atoms with Crippen molar-refractivity contribution < 1.29 is 74.5 Å². The van der Waals surface area contributed by atoms with Gasteiger partial charge in [0.1, 0.15) is 36.8 Å². The lowest BCUT2D eigenvalue weighted by Crippen LogP contribution is -2.68. The molecule has 2 saturated heterocycles. The largest absolute Gasteiger partial charge is 0.493 e. The Morgan fingerprint density at radius 1 is 0.587 bits per heavy atom. The Bertz CT molecular complexity index is 3920. The number of hydrogen-bond acceptors (Lipinski definition) is 22. The van der Waals surface area contributed by atoms with Crippen molar-refractivity contribution in [2.45, 2.75) is 126 Å². The lowest BCUT2D eigenvalue weighted by Gasteiger charge is -2.60. The Labute approximate surface area is 537 Å². The Morgan fingerprint density at radius 2 is 1.02 bits per heavy atom. The van der Waals surface area contributed by atoms with Gasteiger partial charge in [0.25, 0.3) is 10.1 Å². The molecule has 0 aromatic heterocycles. The zero-order valence-corrected chi connectivity index (χ0v) is 54.8. The monoisotopic (exact) mass is 1280 g/mol. The zero-order chi connectivity index (χ0) is 65.2. The predicted octanol–water partition coefficient (Wildman–Crippen LogP) is 8.43. The topological polar surface area (TPSA) is 235 Å². The number of aliphatic hydroxyl groups is 1. The Morgan fingerprint density at radius 3 is 1.43 bits per heavy atom. The van der Waals surface area contributed by atoms with Crippen LogP contribution in [0.1, 0.15) is 96.5 Å². The third-order valence-electron chi connectivity index (χ3n) is 19.7. The zero-order valence-electron chi connectivity index (χ0n) is 54.0. The van der Waals surface area contributed by atoms with E-state index in [9.17, 15) is 24.0 Å². The molecule has 5 aromatic rings. The number of methoxy groups -OCH3 is 4. The van der Waals surface area contributed by atoms with Crippen LogP contribution in [-0.2, 0) is 49.5 Å². The normalized spacial score (nSPS) is 24.5. The summed E-state index contributed by atoms with van der Waals surface area (Å²) >= 11 is 0. The third-order valence-corrected chi connectivity index (χ3v) is 21.0. The molecule has 5 aromatic carbocycles. The molecular weight excluding hydrogens is 1200 g/mol. The predicted molar refractivity (Wildman–Crippen MR) is 337 cm³/mol. The third kappa shape index (κ3) is 10.4. The quantitative estimate of drug-likeness (QED) is 0.0464. The van der Waals surface area contributed by atoms with Crippen molar-refractivity contribution >= 4 is 10.1 Å². The maximum Gasteiger partial charge on any atom is 0.297 e. The van der Waals surface area contributed by atoms with Gasteiger partial charge in [0, 0.05) is 82.9 Å². The Kier molecular flexibility index (Phi) is 18.1. The van der Waals surface area contributed by atoms with Crippen LogP contribution >= 0.6 is 0 Å². The molecule has 0 spiro atoms. The van der Waals surface area contributed by atoms with Crippen LogP contribution in [0.5, 0.6) is 57.5 Å². The van der Waals surface area contributed by atoms with Crippen molar-refractivity contribution in [3.8, 4) is 69.6 Å². The van der Waals surface area contributed by atoms with Crippen LogP contribution in [0, 0.1) is 57.3 Å². The van der Waals surface area contributed by atoms with Gasteiger partial charge in [-0.05, 0) is 109 Å². The number of nitrogens with zero attached hydrogens (tertiary/aromatic N) is 6. The average molecular weight is 1280 g/mol. The minimum absolute atomic E-state index is 0.00538. The van der Waals surface area contributed by atoms with Gasteiger partial charge >= 0.3 is 0 Å². The number of ether oxygens (including phenoxy) is 12. The molecule has 0 unspecified atom stereocenters. The summed E-state index contributed by atoms with van der Waals surface area (Å²) in [6, 6.07) is 12.4. The molecule has 0 radical (unpaired) electrons. The first-order valence-electron chi connectivity index (χ1n) is 30.8. The van der Waals surface area contributed by atoms with Gasteiger partial charge in [-0.25, -0.2) is 0 Å². The van der Waals surface area contributed by atoms with Crippen molar-refractivity contribution in [3.63, 3.8) is 0 Å². The fraction of sp³-hybridized carbons (Fsp3) is 0.478. The van der Waals surface area contributed by atoms with Gasteiger partial charge in [0.05, 0.1) is 68.6 Å². The minimum atomic E-state index is -4.18. The standard InChI is InChI=1S/C38H43N3O9S.C31H37N3O7/c1-8-13-46-35-23(4)36-38(49-20-48-36)32-26(35)16-28-33-31-24(14-22(3)34(45-7)37(31)47-19-44-6)15-27(40(33)5)29(17-39)41(28)30(32)18-50-51(42,43)25-11-9-21(2)10-12-25;1-7-8-38-28-17(3)29-31(41-15-40-29)25-19(28)11-21-26-24-18(9-16(2)27(37-6)30(24)39-14-36-5)10-20(33(26)4)22(12-32)34(21)23(25)13-35/h8-12,14,27-30,33H,1,13,15-16,18-20H2,2-7H3;7,9,20-23,26,35H,1,8,10-11,13-15H2,2-6H3/t27-,28-,29-,30-,33-;20-,21-,22-,23-,26-/m00/s1. The first kappa shape index (κ1) is 64.3. The maximum atomic E-state index is 13.7. The molecule has 0 amide bonds. The van der Waals surface area contributed by atoms with Crippen LogP contribution < -0.4 is 47.4 Å². The van der Waals surface area contributed by atoms with Crippen LogP contribution in [0.15, 0.2) is 66.6 Å². The van der Waals surface area contributed by atoms with E-state index in [1.807, 2.05) is 41.7 Å². The number of aliphatic hydroxyl groups excluding tert-OH is 1. The molecule has 488 valence electrons. The molecule has 4 bridgehead atoms. The first-order valence-corrected chi connectivity index (χ1v) is 32.2. The molecule has 22 nitrogen and oxygen atoms in total. The molecule has 2 fully saturated rings. The summed E-state index contributed by atoms with van der Waals surface area (Å²) in [5, 5.41) is 32.6. The summed E-state index contributed by atoms with van der Waals surface area (Å²) in [5.74, 6) is 6.16. The van der Waals surface area contributed by atoms with E-state index in [1.165, 1.54) is 12.1 Å². The Hall–Kier alpha value is -7.81. The van der Waals surface area contributed by atoms with Gasteiger partial charge < -0.3 is 61.9 Å². The second-order valence-corrected chi connectivity index (χ2v) is 26.1. The molecule has 10 atom stereocenters. The number of fused-ring (bicyclic) bond motifs is 18. The second kappa shape index (κ2) is 25.9. The summed E-state index contributed by atoms with van der Waals surface area (Å²) < 4.78 is 105. The van der Waals surface area contributed by atoms with E-state index in [1.54, 1.807) is 52.7 Å². The molecule has 0 aliphatic carbocycles. The van der Waals surface area contributed by atoms with Crippen LogP contribution in [-0.4, -0.2) is 166 Å². The number of aryl methyl sites for hydroxylation is 3. The fourth-order valence-corrected chi connectivity index (χ4v) is 17.0. The second-order valence-electron chi connectivity index (χ2n) is 24.5. The van der Waals surface area contributed by atoms with Crippen LogP contribution in [0.25, 0.3) is 0 Å². The summed E-state index contributed by atoms with van der Waals surface area (Å²) in [6.07, 6.45) is 5.61. The number of benzene rings is 5. The van der Waals surface area contributed by atoms with Crippen LogP contribution in [0.3, 0.4) is 0 Å². The first-order chi connectivity index (χ1) is 44.5. The summed E-state index contributed by atoms with van der Waals surface area (Å²) in [6.45, 7) is 17.7. The van der Waals surface area contributed by atoms with Gasteiger partial charge in [0.2, 0.25) is 13.6 Å². The number of nitriles is 2. The lowest BCUT2D eigenvalue weighted by molar-refractivity contribution is -0.0832. The van der Waals surface area contributed by atoms with E-state index in [2.05, 4.69) is 64.1 Å². The van der Waals surface area contributed by atoms with Crippen molar-refractivity contribution in [2.75, 3.05) is 96.1 Å². The number of rotatable bonds is 19. The highest BCUT2D eigenvalue weighted by atomic mass is 32.2. The van der Waals surface area contributed by atoms with Gasteiger partial charge in [-0.15, -0.1) is 0 Å². The number of likely N-dealkylation sites (N-methyl/N-ethyl adjacent to an activating group) is 2. The van der Waals surface area contributed by atoms with Gasteiger partial charge in [-0.1, -0.05) is 55.1 Å². The average Bonchev–Trinajstić information content (AvgIpc) is 0.831. The minimum Gasteiger partial charge on any atom is -0.493 e. The fourth-order valence-electron chi connectivity index (χ4n) is 16.1. The highest BCUT2D eigenvalue weighted by molar-refractivity contribution is 7.86. The highest BCUT2D eigenvalue weighted by Crippen LogP contribution is 2.61. The van der Waals surface area contributed by atoms with Crippen molar-refractivity contribution in [3.05, 3.63) is 134 Å². The smallest absolute Gasteiger partial charge is 0.297 e. The van der Waals surface area contributed by atoms with E-state index in [-0.39, 0.29) is 88.1 Å². The van der Waals surface area contributed by atoms with Crippen LogP contribution in [0.2, 0.25) is 0 Å². The highest BCUT2D eigenvalue weighted by Gasteiger charge is 2.59. The molecule has 8 aliphatic rings. The van der Waals surface area contributed by atoms with Gasteiger partial charge in [-0.2, -0.15) is 18.9 Å². The molecule has 23 heteroatoms. The molecule has 1 N–H and O–H groups in total. The summed E-state index contributed by atoms with van der Waals surface area (Å²) in [4.78, 5) is 8.93. The van der Waals surface area contributed by atoms with Crippen molar-refractivity contribution in [2.24, 2.45) is 0 Å². The van der Waals surface area contributed by atoms with E-state index in [0.29, 0.717) is 95.3 Å². The van der Waals surface area contributed by atoms with E-state index >= 15 is 0 Å². The number of piperazine rings is 2. The van der Waals surface area contributed by atoms with E-state index in [4.69, 9.17) is 61.0 Å². The molecule has 0 saturated carbocycles. The van der Waals surface area contributed by atoms with E-state index in [0.717, 1.165) is 66.8 Å². The van der Waals surface area contributed by atoms with Crippen molar-refractivity contribution in [1.82, 2.24) is 19.6 Å². The summed E-state index contributed by atoms with van der Waals surface area (Å²) in [5.41, 5.74) is 12.0. The molecule has 8 heterocycles. The van der Waals surface area contributed by atoms with E-state index < -0.39 is 34.3 Å². The Balaban J connectivity index is 0.000000182. The van der Waals surface area contributed by atoms with Gasteiger partial charge in [0.15, 0.2) is 59.6 Å². The molecule has 8 aliphatic heterocycles.